The van der Waals surface area contributed by atoms with E-state index in [4.69, 9.17) is 4.74 Å². The molecule has 0 radical (unpaired) electrons. The Balaban J connectivity index is 3.90. The van der Waals surface area contributed by atoms with Crippen molar-refractivity contribution in [1.82, 2.24) is 10.2 Å². The summed E-state index contributed by atoms with van der Waals surface area (Å²) in [7, 11) is 2.19. The van der Waals surface area contributed by atoms with E-state index in [9.17, 15) is 0 Å². The van der Waals surface area contributed by atoms with E-state index in [1.807, 2.05) is 6.92 Å². The maximum atomic E-state index is 5.39. The van der Waals surface area contributed by atoms with Crippen LogP contribution in [0.3, 0.4) is 0 Å². The summed E-state index contributed by atoms with van der Waals surface area (Å²) < 4.78 is 5.39. The molecule has 0 aliphatic heterocycles. The summed E-state index contributed by atoms with van der Waals surface area (Å²) >= 11 is 0. The fraction of sp³-hybridized carbons (Fsp3) is 1.00. The molecule has 0 amide bonds. The molecule has 0 spiro atoms. The van der Waals surface area contributed by atoms with E-state index in [1.165, 1.54) is 12.8 Å². The largest absolute Gasteiger partial charge is 0.380 e. The molecule has 1 N–H and O–H groups in total. The molecule has 0 aliphatic rings. The molecule has 0 bridgehead atoms. The van der Waals surface area contributed by atoms with Gasteiger partial charge in [0.25, 0.3) is 0 Å². The van der Waals surface area contributed by atoms with Gasteiger partial charge in [-0.2, -0.15) is 0 Å². The molecule has 1 unspecified atom stereocenters. The fourth-order valence-corrected chi connectivity index (χ4v) is 1.96. The van der Waals surface area contributed by atoms with Crippen molar-refractivity contribution in [2.45, 2.75) is 40.5 Å². The van der Waals surface area contributed by atoms with Crippen molar-refractivity contribution in [3.63, 3.8) is 0 Å². The summed E-state index contributed by atoms with van der Waals surface area (Å²) in [5, 5.41) is 3.54. The first-order valence-electron chi connectivity index (χ1n) is 7.05. The molecular weight excluding hydrogens is 212 g/mol. The third-order valence-corrected chi connectivity index (χ3v) is 3.31. The highest BCUT2D eigenvalue weighted by molar-refractivity contribution is 4.78. The van der Waals surface area contributed by atoms with Crippen molar-refractivity contribution in [1.29, 1.82) is 0 Å². The Morgan fingerprint density at radius 1 is 1.24 bits per heavy atom. The molecule has 0 heterocycles. The minimum atomic E-state index is 0.371. The Bertz CT molecular complexity index is 176. The van der Waals surface area contributed by atoms with Crippen LogP contribution in [0.1, 0.15) is 40.5 Å². The first kappa shape index (κ1) is 16.9. The van der Waals surface area contributed by atoms with Gasteiger partial charge in [0.1, 0.15) is 0 Å². The molecule has 0 aromatic carbocycles. The maximum Gasteiger partial charge on any atom is 0.0593 e. The van der Waals surface area contributed by atoms with E-state index in [-0.39, 0.29) is 0 Å². The van der Waals surface area contributed by atoms with Crippen molar-refractivity contribution >= 4 is 0 Å². The Morgan fingerprint density at radius 3 is 2.47 bits per heavy atom. The first-order valence-corrected chi connectivity index (χ1v) is 7.05. The number of hydrogen-bond donors (Lipinski definition) is 1. The van der Waals surface area contributed by atoms with Crippen LogP contribution in [-0.2, 0) is 4.74 Å². The number of rotatable bonds is 11. The monoisotopic (exact) mass is 244 g/mol. The molecule has 0 saturated heterocycles. The summed E-state index contributed by atoms with van der Waals surface area (Å²) in [5.41, 5.74) is 0.371. The quantitative estimate of drug-likeness (QED) is 0.565. The zero-order chi connectivity index (χ0) is 13.1. The van der Waals surface area contributed by atoms with Crippen LogP contribution in [0, 0.1) is 5.41 Å². The van der Waals surface area contributed by atoms with Crippen LogP contribution in [0.2, 0.25) is 0 Å². The van der Waals surface area contributed by atoms with Gasteiger partial charge in [-0.1, -0.05) is 20.8 Å². The number of likely N-dealkylation sites (N-methyl/N-ethyl adjacent to an activating group) is 1. The van der Waals surface area contributed by atoms with E-state index in [2.05, 4.69) is 38.0 Å². The molecule has 3 nitrogen and oxygen atoms in total. The summed E-state index contributed by atoms with van der Waals surface area (Å²) in [5.74, 6) is 0. The second-order valence-corrected chi connectivity index (χ2v) is 5.28. The van der Waals surface area contributed by atoms with Gasteiger partial charge in [0.2, 0.25) is 0 Å². The van der Waals surface area contributed by atoms with E-state index in [0.717, 1.165) is 39.4 Å². The van der Waals surface area contributed by atoms with Crippen molar-refractivity contribution in [3.05, 3.63) is 0 Å². The summed E-state index contributed by atoms with van der Waals surface area (Å²) in [6, 6.07) is 0. The van der Waals surface area contributed by atoms with Gasteiger partial charge in [-0.3, -0.25) is 0 Å². The van der Waals surface area contributed by atoms with E-state index >= 15 is 0 Å². The molecule has 0 saturated carbocycles. The molecule has 0 aromatic heterocycles. The molecule has 1 atom stereocenters. The maximum absolute atomic E-state index is 5.39. The summed E-state index contributed by atoms with van der Waals surface area (Å²) in [6.45, 7) is 15.0. The van der Waals surface area contributed by atoms with E-state index in [0.29, 0.717) is 5.41 Å². The highest BCUT2D eigenvalue weighted by atomic mass is 16.5. The first-order chi connectivity index (χ1) is 8.08. The third kappa shape index (κ3) is 8.58. The van der Waals surface area contributed by atoms with Crippen LogP contribution in [0.4, 0.5) is 0 Å². The molecule has 0 aromatic rings. The van der Waals surface area contributed by atoms with Crippen LogP contribution >= 0.6 is 0 Å². The SMILES string of the molecule is CCCNCC(C)(CC)CN(C)CCOCC. The number of hydrogen-bond acceptors (Lipinski definition) is 3. The average Bonchev–Trinajstić information content (AvgIpc) is 2.30. The number of nitrogens with one attached hydrogen (secondary N) is 1. The predicted octanol–water partition coefficient (Wildman–Crippen LogP) is 2.37. The predicted molar refractivity (Wildman–Crippen MR) is 75.5 cm³/mol. The van der Waals surface area contributed by atoms with Gasteiger partial charge < -0.3 is 15.0 Å². The minimum Gasteiger partial charge on any atom is -0.380 e. The second kappa shape index (κ2) is 9.86. The Kier molecular flexibility index (Phi) is 9.79. The van der Waals surface area contributed by atoms with Crippen molar-refractivity contribution in [2.75, 3.05) is 46.4 Å². The summed E-state index contributed by atoms with van der Waals surface area (Å²) in [4.78, 5) is 2.38. The molecule has 0 fully saturated rings. The Hall–Kier alpha value is -0.120. The molecule has 0 aliphatic carbocycles. The van der Waals surface area contributed by atoms with Gasteiger partial charge in [0.15, 0.2) is 0 Å². The number of nitrogens with zero attached hydrogens (tertiary/aromatic N) is 1. The topological polar surface area (TPSA) is 24.5 Å². The molecule has 0 rings (SSSR count). The lowest BCUT2D eigenvalue weighted by molar-refractivity contribution is 0.102. The Morgan fingerprint density at radius 2 is 1.94 bits per heavy atom. The fourth-order valence-electron chi connectivity index (χ4n) is 1.96. The summed E-state index contributed by atoms with van der Waals surface area (Å²) in [6.07, 6.45) is 2.42. The lowest BCUT2D eigenvalue weighted by Crippen LogP contribution is -2.41. The van der Waals surface area contributed by atoms with Crippen LogP contribution in [0.25, 0.3) is 0 Å². The van der Waals surface area contributed by atoms with Crippen molar-refractivity contribution in [3.8, 4) is 0 Å². The van der Waals surface area contributed by atoms with Gasteiger partial charge in [-0.25, -0.2) is 0 Å². The third-order valence-electron chi connectivity index (χ3n) is 3.31. The molecule has 104 valence electrons. The van der Waals surface area contributed by atoms with Gasteiger partial charge in [-0.15, -0.1) is 0 Å². The van der Waals surface area contributed by atoms with Crippen LogP contribution in [0.5, 0.6) is 0 Å². The molecule has 3 heteroatoms. The van der Waals surface area contributed by atoms with Crippen molar-refractivity contribution < 1.29 is 4.74 Å². The smallest absolute Gasteiger partial charge is 0.0593 e. The zero-order valence-corrected chi connectivity index (χ0v) is 12.5. The highest BCUT2D eigenvalue weighted by Gasteiger charge is 2.23. The Labute approximate surface area is 108 Å². The van der Waals surface area contributed by atoms with Gasteiger partial charge in [0, 0.05) is 26.2 Å². The van der Waals surface area contributed by atoms with E-state index in [1.54, 1.807) is 0 Å². The average molecular weight is 244 g/mol. The standard InChI is InChI=1S/C14H32N2O/c1-6-9-15-12-14(4,7-2)13-16(5)10-11-17-8-3/h15H,6-13H2,1-5H3. The van der Waals surface area contributed by atoms with Crippen molar-refractivity contribution in [2.24, 2.45) is 5.41 Å². The van der Waals surface area contributed by atoms with Crippen LogP contribution < -0.4 is 5.32 Å². The second-order valence-electron chi connectivity index (χ2n) is 5.28. The lowest BCUT2D eigenvalue weighted by atomic mass is 9.87. The molecular formula is C14H32N2O. The van der Waals surface area contributed by atoms with Gasteiger partial charge in [0.05, 0.1) is 6.61 Å². The lowest BCUT2D eigenvalue weighted by Gasteiger charge is -2.33. The highest BCUT2D eigenvalue weighted by Crippen LogP contribution is 2.20. The zero-order valence-electron chi connectivity index (χ0n) is 12.5. The normalized spacial score (nSPS) is 15.2. The van der Waals surface area contributed by atoms with Gasteiger partial charge in [-0.05, 0) is 38.8 Å². The van der Waals surface area contributed by atoms with Crippen LogP contribution in [0.15, 0.2) is 0 Å². The van der Waals surface area contributed by atoms with Crippen LogP contribution in [-0.4, -0.2) is 51.3 Å². The molecule has 17 heavy (non-hydrogen) atoms. The number of ether oxygens (including phenoxy) is 1. The van der Waals surface area contributed by atoms with Gasteiger partial charge >= 0.3 is 0 Å². The minimum absolute atomic E-state index is 0.371. The van der Waals surface area contributed by atoms with E-state index < -0.39 is 0 Å².